The van der Waals surface area contributed by atoms with Gasteiger partial charge in [-0.25, -0.2) is 4.79 Å². The maximum absolute atomic E-state index is 12.3. The van der Waals surface area contributed by atoms with Gasteiger partial charge in [-0.15, -0.1) is 0 Å². The molecule has 6 nitrogen and oxygen atoms in total. The van der Waals surface area contributed by atoms with Gasteiger partial charge in [0.2, 0.25) is 0 Å². The van der Waals surface area contributed by atoms with Crippen molar-refractivity contribution in [3.05, 3.63) is 53.1 Å². The molecule has 1 amide bonds. The third-order valence-corrected chi connectivity index (χ3v) is 4.58. The highest BCUT2D eigenvalue weighted by molar-refractivity contribution is 7.99. The first-order chi connectivity index (χ1) is 14.3. The Morgan fingerprint density at radius 1 is 1.17 bits per heavy atom. The van der Waals surface area contributed by atoms with Gasteiger partial charge in [-0.05, 0) is 48.0 Å². The van der Waals surface area contributed by atoms with Gasteiger partial charge in [0.1, 0.15) is 0 Å². The molecule has 0 aliphatic heterocycles. The first-order valence-corrected chi connectivity index (χ1v) is 9.69. The molecule has 0 bridgehead atoms. The molecule has 2 rings (SSSR count). The van der Waals surface area contributed by atoms with Crippen LogP contribution in [-0.4, -0.2) is 38.5 Å². The van der Waals surface area contributed by atoms with Crippen LogP contribution in [0.5, 0.6) is 11.5 Å². The summed E-state index contributed by atoms with van der Waals surface area (Å²) in [5.74, 6) is -3.06. The van der Waals surface area contributed by atoms with Gasteiger partial charge in [0.25, 0.3) is 11.7 Å². The quantitative estimate of drug-likeness (QED) is 0.329. The Balaban J connectivity index is 1.87. The second-order valence-electron chi connectivity index (χ2n) is 5.63. The molecule has 30 heavy (non-hydrogen) atoms. The predicted octanol–water partition coefficient (Wildman–Crippen LogP) is 4.87. The van der Waals surface area contributed by atoms with Crippen LogP contribution in [-0.2, 0) is 14.3 Å². The van der Waals surface area contributed by atoms with E-state index in [1.807, 2.05) is 0 Å². The minimum absolute atomic E-state index is 0.308. The van der Waals surface area contributed by atoms with E-state index >= 15 is 0 Å². The molecule has 0 spiro atoms. The van der Waals surface area contributed by atoms with Crippen LogP contribution in [0.1, 0.15) is 5.56 Å². The van der Waals surface area contributed by atoms with Crippen molar-refractivity contribution in [3.63, 3.8) is 0 Å². The molecule has 0 aliphatic rings. The maximum atomic E-state index is 12.3. The van der Waals surface area contributed by atoms with Gasteiger partial charge in [-0.1, -0.05) is 23.4 Å². The molecule has 2 aromatic rings. The molecule has 0 aromatic heterocycles. The van der Waals surface area contributed by atoms with Crippen molar-refractivity contribution in [2.75, 3.05) is 26.1 Å². The Morgan fingerprint density at radius 2 is 1.87 bits per heavy atom. The van der Waals surface area contributed by atoms with E-state index in [0.29, 0.717) is 44.4 Å². The molecule has 10 heteroatoms. The SMILES string of the molecule is COc1cc(/C=C/C(=O)OCC(=O)Nc2ccc(SC(F)F)cc2)cc(Cl)c1OC. The van der Waals surface area contributed by atoms with E-state index in [0.717, 1.165) is 6.08 Å². The maximum Gasteiger partial charge on any atom is 0.331 e. The number of alkyl halides is 2. The van der Waals surface area contributed by atoms with Crippen molar-refractivity contribution >= 4 is 47.0 Å². The minimum atomic E-state index is -2.52. The molecule has 2 aromatic carbocycles. The second kappa shape index (κ2) is 11.4. The van der Waals surface area contributed by atoms with Crippen LogP contribution >= 0.6 is 23.4 Å². The van der Waals surface area contributed by atoms with Crippen LogP contribution in [0.15, 0.2) is 47.4 Å². The summed E-state index contributed by atoms with van der Waals surface area (Å²) in [4.78, 5) is 24.1. The fraction of sp³-hybridized carbons (Fsp3) is 0.200. The molecular formula is C20H18ClF2NO5S. The fourth-order valence-electron chi connectivity index (χ4n) is 2.30. The van der Waals surface area contributed by atoms with Crippen molar-refractivity contribution in [2.45, 2.75) is 10.7 Å². The normalized spacial score (nSPS) is 10.9. The number of carbonyl (C=O) groups excluding carboxylic acids is 2. The summed E-state index contributed by atoms with van der Waals surface area (Å²) in [7, 11) is 2.91. The van der Waals surface area contributed by atoms with Crippen molar-refractivity contribution in [2.24, 2.45) is 0 Å². The number of rotatable bonds is 9. The standard InChI is InChI=1S/C20H18ClF2NO5S/c1-27-16-10-12(9-15(21)19(16)28-2)3-8-18(26)29-11-17(25)24-13-4-6-14(7-5-13)30-20(22)23/h3-10,20H,11H2,1-2H3,(H,24,25)/b8-3+. The zero-order valence-corrected chi connectivity index (χ0v) is 17.6. The molecule has 0 aliphatic carbocycles. The monoisotopic (exact) mass is 457 g/mol. The highest BCUT2D eigenvalue weighted by Crippen LogP contribution is 2.36. The third-order valence-electron chi connectivity index (χ3n) is 3.58. The van der Waals surface area contributed by atoms with Crippen molar-refractivity contribution in [3.8, 4) is 11.5 Å². The van der Waals surface area contributed by atoms with Crippen LogP contribution in [0.3, 0.4) is 0 Å². The first-order valence-electron chi connectivity index (χ1n) is 8.43. The summed E-state index contributed by atoms with van der Waals surface area (Å²) in [6.07, 6.45) is 2.59. The van der Waals surface area contributed by atoms with E-state index in [9.17, 15) is 18.4 Å². The van der Waals surface area contributed by atoms with Gasteiger partial charge in [-0.2, -0.15) is 8.78 Å². The number of anilines is 1. The molecule has 0 unspecified atom stereocenters. The molecule has 0 heterocycles. The average Bonchev–Trinajstić information content (AvgIpc) is 2.71. The van der Waals surface area contributed by atoms with Crippen LogP contribution in [0.2, 0.25) is 5.02 Å². The van der Waals surface area contributed by atoms with Crippen LogP contribution in [0.25, 0.3) is 6.08 Å². The number of nitrogens with one attached hydrogen (secondary N) is 1. The number of hydrogen-bond acceptors (Lipinski definition) is 6. The Morgan fingerprint density at radius 3 is 2.47 bits per heavy atom. The van der Waals surface area contributed by atoms with Gasteiger partial charge in [0.15, 0.2) is 18.1 Å². The molecule has 0 saturated carbocycles. The van der Waals surface area contributed by atoms with Gasteiger partial charge >= 0.3 is 5.97 Å². The Bertz CT molecular complexity index is 922. The van der Waals surface area contributed by atoms with Crippen LogP contribution in [0, 0.1) is 0 Å². The van der Waals surface area contributed by atoms with Gasteiger partial charge in [0, 0.05) is 16.7 Å². The number of halogens is 3. The number of methoxy groups -OCH3 is 2. The number of benzene rings is 2. The zero-order chi connectivity index (χ0) is 22.1. The number of hydrogen-bond donors (Lipinski definition) is 1. The lowest BCUT2D eigenvalue weighted by atomic mass is 10.2. The summed E-state index contributed by atoms with van der Waals surface area (Å²) < 4.78 is 39.8. The lowest BCUT2D eigenvalue weighted by Crippen LogP contribution is -2.20. The smallest absolute Gasteiger partial charge is 0.331 e. The largest absolute Gasteiger partial charge is 0.493 e. The molecule has 160 valence electrons. The highest BCUT2D eigenvalue weighted by Gasteiger charge is 2.11. The predicted molar refractivity (Wildman–Crippen MR) is 111 cm³/mol. The van der Waals surface area contributed by atoms with Gasteiger partial charge < -0.3 is 19.5 Å². The van der Waals surface area contributed by atoms with E-state index in [2.05, 4.69) is 5.32 Å². The number of amides is 1. The van der Waals surface area contributed by atoms with E-state index < -0.39 is 24.2 Å². The molecule has 0 atom stereocenters. The summed E-state index contributed by atoms with van der Waals surface area (Å²) >= 11 is 6.50. The topological polar surface area (TPSA) is 73.9 Å². The summed E-state index contributed by atoms with van der Waals surface area (Å²) in [6.45, 7) is -0.511. The molecule has 0 radical (unpaired) electrons. The average molecular weight is 458 g/mol. The second-order valence-corrected chi connectivity index (χ2v) is 7.10. The van der Waals surface area contributed by atoms with Gasteiger partial charge in [-0.3, -0.25) is 4.79 Å². The van der Waals surface area contributed by atoms with Crippen LogP contribution < -0.4 is 14.8 Å². The Kier molecular flexibility index (Phi) is 8.94. The molecule has 0 fully saturated rings. The van der Waals surface area contributed by atoms with Crippen LogP contribution in [0.4, 0.5) is 14.5 Å². The lowest BCUT2D eigenvalue weighted by Gasteiger charge is -2.10. The number of ether oxygens (including phenoxy) is 3. The molecule has 1 N–H and O–H groups in total. The van der Waals surface area contributed by atoms with E-state index in [1.54, 1.807) is 12.1 Å². The van der Waals surface area contributed by atoms with Crippen molar-refractivity contribution in [1.29, 1.82) is 0 Å². The van der Waals surface area contributed by atoms with E-state index in [1.165, 1.54) is 44.6 Å². The Hall–Kier alpha value is -2.78. The summed E-state index contributed by atoms with van der Waals surface area (Å²) in [5.41, 5.74) is 0.964. The lowest BCUT2D eigenvalue weighted by molar-refractivity contribution is -0.142. The minimum Gasteiger partial charge on any atom is -0.493 e. The summed E-state index contributed by atoms with van der Waals surface area (Å²) in [5, 5.41) is 2.81. The van der Waals surface area contributed by atoms with Gasteiger partial charge in [0.05, 0.1) is 19.2 Å². The number of esters is 1. The number of carbonyl (C=O) groups is 2. The number of thioether (sulfide) groups is 1. The highest BCUT2D eigenvalue weighted by atomic mass is 35.5. The van der Waals surface area contributed by atoms with Crippen molar-refractivity contribution in [1.82, 2.24) is 0 Å². The first kappa shape index (κ1) is 23.5. The zero-order valence-electron chi connectivity index (χ0n) is 16.0. The fourth-order valence-corrected chi connectivity index (χ4v) is 3.10. The molecular weight excluding hydrogens is 440 g/mol. The summed E-state index contributed by atoms with van der Waals surface area (Å²) in [6, 6.07) is 9.06. The van der Waals surface area contributed by atoms with E-state index in [4.69, 9.17) is 25.8 Å². The molecule has 0 saturated heterocycles. The third kappa shape index (κ3) is 7.23. The van der Waals surface area contributed by atoms with Crippen molar-refractivity contribution < 1.29 is 32.6 Å². The Labute approximate surface area is 181 Å². The van der Waals surface area contributed by atoms with E-state index in [-0.39, 0.29) is 0 Å².